The average Bonchev–Trinajstić information content (AvgIpc) is 3.03. The smallest absolute Gasteiger partial charge is 0.261 e. The van der Waals surface area contributed by atoms with Gasteiger partial charge in [-0.2, -0.15) is 0 Å². The second-order valence-corrected chi connectivity index (χ2v) is 7.59. The zero-order valence-corrected chi connectivity index (χ0v) is 16.9. The van der Waals surface area contributed by atoms with Crippen molar-refractivity contribution in [3.05, 3.63) is 71.0 Å². The van der Waals surface area contributed by atoms with Crippen molar-refractivity contribution >= 4 is 23.6 Å². The lowest BCUT2D eigenvalue weighted by Gasteiger charge is -2.35. The highest BCUT2D eigenvalue weighted by Crippen LogP contribution is 2.22. The van der Waals surface area contributed by atoms with Crippen LogP contribution in [0.25, 0.3) is 0 Å². The Morgan fingerprint density at radius 2 is 1.45 bits per heavy atom. The topological polar surface area (TPSA) is 78.0 Å². The molecule has 31 heavy (non-hydrogen) atoms. The van der Waals surface area contributed by atoms with Crippen LogP contribution in [-0.2, 0) is 4.79 Å². The predicted octanol–water partition coefficient (Wildman–Crippen LogP) is 2.19. The van der Waals surface area contributed by atoms with Crippen molar-refractivity contribution in [2.45, 2.75) is 12.8 Å². The minimum Gasteiger partial charge on any atom is -0.339 e. The van der Waals surface area contributed by atoms with E-state index in [1.807, 2.05) is 0 Å². The number of amides is 4. The number of benzene rings is 2. The molecule has 1 saturated heterocycles. The summed E-state index contributed by atoms with van der Waals surface area (Å²) in [7, 11) is 0. The third-order valence-electron chi connectivity index (χ3n) is 5.64. The monoisotopic (exact) mass is 423 g/mol. The van der Waals surface area contributed by atoms with Crippen LogP contribution in [0.1, 0.15) is 43.9 Å². The molecular formula is C23H22FN3O4. The summed E-state index contributed by atoms with van der Waals surface area (Å²) in [5, 5.41) is 0. The van der Waals surface area contributed by atoms with Gasteiger partial charge in [0.15, 0.2) is 0 Å². The van der Waals surface area contributed by atoms with Crippen LogP contribution in [0.3, 0.4) is 0 Å². The number of carbonyl (C=O) groups is 4. The van der Waals surface area contributed by atoms with Gasteiger partial charge in [-0.1, -0.05) is 18.2 Å². The molecule has 160 valence electrons. The van der Waals surface area contributed by atoms with Crippen LogP contribution in [0.4, 0.5) is 4.39 Å². The Balaban J connectivity index is 1.24. The van der Waals surface area contributed by atoms with Crippen molar-refractivity contribution in [1.29, 1.82) is 0 Å². The van der Waals surface area contributed by atoms with Gasteiger partial charge in [0.2, 0.25) is 5.91 Å². The van der Waals surface area contributed by atoms with E-state index in [2.05, 4.69) is 0 Å². The number of fused-ring (bicyclic) bond motifs is 1. The third kappa shape index (κ3) is 4.19. The minimum absolute atomic E-state index is 0.0746. The maximum atomic E-state index is 13.3. The second kappa shape index (κ2) is 8.67. The zero-order valence-electron chi connectivity index (χ0n) is 16.9. The Kier molecular flexibility index (Phi) is 5.79. The lowest BCUT2D eigenvalue weighted by atomic mass is 10.1. The summed E-state index contributed by atoms with van der Waals surface area (Å²) in [6.45, 7) is 1.73. The van der Waals surface area contributed by atoms with Crippen LogP contribution in [0.5, 0.6) is 0 Å². The molecule has 7 nitrogen and oxygen atoms in total. The molecule has 2 heterocycles. The first-order chi connectivity index (χ1) is 15.0. The molecule has 2 aliphatic rings. The fraction of sp³-hybridized carbons (Fsp3) is 0.304. The summed E-state index contributed by atoms with van der Waals surface area (Å²) in [6, 6.07) is 12.3. The molecule has 0 aliphatic carbocycles. The Labute approximate surface area is 179 Å². The van der Waals surface area contributed by atoms with Gasteiger partial charge in [0.05, 0.1) is 11.1 Å². The molecule has 0 unspecified atom stereocenters. The van der Waals surface area contributed by atoms with Crippen LogP contribution in [0, 0.1) is 5.82 Å². The number of rotatable bonds is 5. The van der Waals surface area contributed by atoms with Gasteiger partial charge < -0.3 is 9.80 Å². The van der Waals surface area contributed by atoms with E-state index in [1.54, 1.807) is 40.1 Å². The molecule has 0 aromatic heterocycles. The van der Waals surface area contributed by atoms with E-state index in [-0.39, 0.29) is 36.6 Å². The van der Waals surface area contributed by atoms with E-state index >= 15 is 0 Å². The number of piperazine rings is 1. The zero-order chi connectivity index (χ0) is 22.0. The van der Waals surface area contributed by atoms with Crippen molar-refractivity contribution < 1.29 is 23.6 Å². The molecule has 8 heteroatoms. The molecule has 2 aromatic rings. The number of hydrogen-bond acceptors (Lipinski definition) is 4. The number of hydrogen-bond donors (Lipinski definition) is 0. The van der Waals surface area contributed by atoms with Crippen LogP contribution >= 0.6 is 0 Å². The lowest BCUT2D eigenvalue weighted by Crippen LogP contribution is -2.50. The summed E-state index contributed by atoms with van der Waals surface area (Å²) in [4.78, 5) is 54.2. The minimum atomic E-state index is -0.460. The number of halogens is 1. The number of carbonyl (C=O) groups excluding carboxylic acids is 4. The second-order valence-electron chi connectivity index (χ2n) is 7.59. The molecule has 1 fully saturated rings. The molecule has 0 saturated carbocycles. The maximum Gasteiger partial charge on any atom is 0.261 e. The predicted molar refractivity (Wildman–Crippen MR) is 110 cm³/mol. The Hall–Kier alpha value is -3.55. The molecule has 0 spiro atoms. The Morgan fingerprint density at radius 1 is 0.839 bits per heavy atom. The van der Waals surface area contributed by atoms with E-state index < -0.39 is 5.82 Å². The molecule has 2 aromatic carbocycles. The van der Waals surface area contributed by atoms with E-state index in [4.69, 9.17) is 0 Å². The van der Waals surface area contributed by atoms with Gasteiger partial charge in [0.25, 0.3) is 17.7 Å². The van der Waals surface area contributed by atoms with Crippen molar-refractivity contribution in [3.8, 4) is 0 Å². The van der Waals surface area contributed by atoms with Gasteiger partial charge in [0.1, 0.15) is 5.82 Å². The molecule has 0 N–H and O–H groups in total. The maximum absolute atomic E-state index is 13.3. The van der Waals surface area contributed by atoms with Crippen molar-refractivity contribution in [2.24, 2.45) is 0 Å². The van der Waals surface area contributed by atoms with Crippen molar-refractivity contribution in [1.82, 2.24) is 14.7 Å². The molecular weight excluding hydrogens is 401 g/mol. The van der Waals surface area contributed by atoms with Gasteiger partial charge in [-0.25, -0.2) is 4.39 Å². The van der Waals surface area contributed by atoms with E-state index in [0.717, 1.165) is 0 Å². The fourth-order valence-electron chi connectivity index (χ4n) is 3.95. The summed E-state index contributed by atoms with van der Waals surface area (Å²) < 4.78 is 13.3. The van der Waals surface area contributed by atoms with E-state index in [9.17, 15) is 23.6 Å². The van der Waals surface area contributed by atoms with Crippen LogP contribution < -0.4 is 0 Å². The van der Waals surface area contributed by atoms with Gasteiger partial charge in [-0.05, 0) is 36.8 Å². The number of imide groups is 1. The summed E-state index contributed by atoms with van der Waals surface area (Å²) in [5.74, 6) is -1.43. The normalized spacial score (nSPS) is 16.0. The first kappa shape index (κ1) is 20.7. The molecule has 4 amide bonds. The standard InChI is InChI=1S/C23H22FN3O4/c24-17-6-3-5-16(15-17)21(29)26-13-11-25(12-14-26)20(28)9-4-10-27-22(30)18-7-1-2-8-19(18)23(27)31/h1-3,5-8,15H,4,9-14H2. The van der Waals surface area contributed by atoms with Crippen LogP contribution in [-0.4, -0.2) is 71.1 Å². The highest BCUT2D eigenvalue weighted by molar-refractivity contribution is 6.21. The largest absolute Gasteiger partial charge is 0.339 e. The molecule has 0 atom stereocenters. The molecule has 4 rings (SSSR count). The van der Waals surface area contributed by atoms with E-state index in [0.29, 0.717) is 49.3 Å². The summed E-state index contributed by atoms with van der Waals surface area (Å²) >= 11 is 0. The first-order valence-electron chi connectivity index (χ1n) is 10.2. The van der Waals surface area contributed by atoms with Crippen molar-refractivity contribution in [2.75, 3.05) is 32.7 Å². The van der Waals surface area contributed by atoms with Crippen molar-refractivity contribution in [3.63, 3.8) is 0 Å². The summed E-state index contributed by atoms with van der Waals surface area (Å²) in [5.41, 5.74) is 1.09. The Bertz CT molecular complexity index is 1010. The van der Waals surface area contributed by atoms with Gasteiger partial charge >= 0.3 is 0 Å². The molecule has 2 aliphatic heterocycles. The Morgan fingerprint density at radius 3 is 2.06 bits per heavy atom. The lowest BCUT2D eigenvalue weighted by molar-refractivity contribution is -0.132. The molecule has 0 bridgehead atoms. The SMILES string of the molecule is O=C(CCCN1C(=O)c2ccccc2C1=O)N1CCN(C(=O)c2cccc(F)c2)CC1. The van der Waals surface area contributed by atoms with Gasteiger partial charge in [-0.15, -0.1) is 0 Å². The van der Waals surface area contributed by atoms with Gasteiger partial charge in [0, 0.05) is 44.7 Å². The highest BCUT2D eigenvalue weighted by atomic mass is 19.1. The van der Waals surface area contributed by atoms with E-state index in [1.165, 1.54) is 23.1 Å². The van der Waals surface area contributed by atoms with Crippen LogP contribution in [0.2, 0.25) is 0 Å². The third-order valence-corrected chi connectivity index (χ3v) is 5.64. The quantitative estimate of drug-likeness (QED) is 0.691. The molecule has 0 radical (unpaired) electrons. The first-order valence-corrected chi connectivity index (χ1v) is 10.2. The fourth-order valence-corrected chi connectivity index (χ4v) is 3.95. The summed E-state index contributed by atoms with van der Waals surface area (Å²) in [6.07, 6.45) is 0.595. The van der Waals surface area contributed by atoms with Gasteiger partial charge in [-0.3, -0.25) is 24.1 Å². The highest BCUT2D eigenvalue weighted by Gasteiger charge is 2.34. The van der Waals surface area contributed by atoms with Crippen LogP contribution in [0.15, 0.2) is 48.5 Å². The number of nitrogens with zero attached hydrogens (tertiary/aromatic N) is 3. The average molecular weight is 423 g/mol.